The van der Waals surface area contributed by atoms with E-state index in [0.717, 1.165) is 16.0 Å². The highest BCUT2D eigenvalue weighted by atomic mass is 16.6. The fraction of sp³-hybridized carbons (Fsp3) is 0.710. The van der Waals surface area contributed by atoms with Gasteiger partial charge in [-0.15, -0.1) is 0 Å². The molecule has 1 aromatic heterocycles. The lowest BCUT2D eigenvalue weighted by Gasteiger charge is -2.42. The van der Waals surface area contributed by atoms with Gasteiger partial charge in [0.05, 0.1) is 37.6 Å². The number of rotatable bonds is 15. The second-order valence-electron chi connectivity index (χ2n) is 23.6. The van der Waals surface area contributed by atoms with Crippen LogP contribution in [0.4, 0.5) is 4.79 Å². The van der Waals surface area contributed by atoms with Crippen molar-refractivity contribution >= 4 is 35.4 Å². The van der Waals surface area contributed by atoms with E-state index in [2.05, 4.69) is 20.6 Å². The largest absolute Gasteiger partial charge is 0.459 e. The summed E-state index contributed by atoms with van der Waals surface area (Å²) in [6.07, 6.45) is 11.2. The summed E-state index contributed by atoms with van der Waals surface area (Å²) in [5.41, 5.74) is 9.05. The number of allylic oxidation sites excluding steroid dienone is 5. The number of ketones is 2. The third kappa shape index (κ3) is 20.4. The molecule has 1 unspecified atom stereocenters. The van der Waals surface area contributed by atoms with Gasteiger partial charge >= 0.3 is 12.1 Å². The van der Waals surface area contributed by atoms with Crippen molar-refractivity contribution in [3.63, 3.8) is 0 Å². The second-order valence-corrected chi connectivity index (χ2v) is 23.6. The maximum absolute atomic E-state index is 14.6. The number of nitrogens with two attached hydrogens (primary N) is 1. The van der Waals surface area contributed by atoms with E-state index >= 15 is 0 Å². The van der Waals surface area contributed by atoms with Crippen LogP contribution >= 0.6 is 0 Å². The predicted molar refractivity (Wildman–Crippen MR) is 311 cm³/mol. The number of alkyl carbamates (subject to hydrolysis) is 1. The number of fused-ring (bicyclic) bond motifs is 3. The molecule has 22 nitrogen and oxygen atoms in total. The summed E-state index contributed by atoms with van der Waals surface area (Å²) in [6, 6.07) is -2.11. The van der Waals surface area contributed by atoms with Gasteiger partial charge in [-0.25, -0.2) is 19.6 Å². The van der Waals surface area contributed by atoms with Gasteiger partial charge in [0.2, 0.25) is 11.7 Å². The third-order valence-electron chi connectivity index (χ3n) is 17.0. The number of nitrogens with one attached hydrogen (secondary N) is 2. The number of aliphatic hydroxyl groups is 3. The average Bonchev–Trinajstić information content (AvgIpc) is 2.31. The Morgan fingerprint density at radius 3 is 2.29 bits per heavy atom. The van der Waals surface area contributed by atoms with Crippen molar-refractivity contribution in [2.24, 2.45) is 35.3 Å². The molecule has 4 heterocycles. The molecule has 3 aliphatic heterocycles. The number of nitrogens with zero attached hydrogens (tertiary/aromatic N) is 3. The SMILES string of the molecule is CO[C@H]1C[C@@H]2CC[C@@H](C)[C@@](O)(O2)C(=O)C(=O)N2CCCC[C@H]2C(=O)O[C@H]([C@H](N)C[C@@H]2CC[C@@H](OC(=O)NCCOCCC(=O)NCc3cnc(C)nc3)[C@H](OC)C2)C[C@@H](O)[C@H](C)/C=C(\C)[C@@H](O)[C@@H](OC)C(=O)C(C)C[C@H](C)/C=C/C=CC=C1C. The van der Waals surface area contributed by atoms with E-state index < -0.39 is 108 Å². The van der Waals surface area contributed by atoms with Gasteiger partial charge in [-0.05, 0) is 108 Å². The molecule has 0 aromatic carbocycles. The summed E-state index contributed by atoms with van der Waals surface area (Å²) in [4.78, 5) is 91.8. The Hall–Kier alpha value is -5.30. The fourth-order valence-corrected chi connectivity index (χ4v) is 11.6. The van der Waals surface area contributed by atoms with Crippen molar-refractivity contribution in [1.29, 1.82) is 0 Å². The first-order valence-corrected chi connectivity index (χ1v) is 30.0. The average molecular weight is 1180 g/mol. The molecule has 2 saturated heterocycles. The number of hydrogen-bond acceptors (Lipinski definition) is 19. The van der Waals surface area contributed by atoms with E-state index in [1.807, 2.05) is 44.2 Å². The number of Topliss-reactive ketones (excluding diaryl/α,β-unsaturated/α-hetero) is 2. The summed E-state index contributed by atoms with van der Waals surface area (Å²) in [5, 5.41) is 41.1. The number of amides is 3. The maximum Gasteiger partial charge on any atom is 0.407 e. The van der Waals surface area contributed by atoms with E-state index in [1.165, 1.54) is 14.2 Å². The molecule has 0 radical (unpaired) electrons. The predicted octanol–water partition coefficient (Wildman–Crippen LogP) is 5.22. The Bertz CT molecular complexity index is 2440. The van der Waals surface area contributed by atoms with E-state index in [0.29, 0.717) is 69.3 Å². The quantitative estimate of drug-likeness (QED) is 0.0568. The first kappa shape index (κ1) is 69.5. The van der Waals surface area contributed by atoms with Crippen LogP contribution in [-0.2, 0) is 63.7 Å². The number of carbonyl (C=O) groups is 6. The molecule has 1 aliphatic carbocycles. The van der Waals surface area contributed by atoms with Gasteiger partial charge in [-0.3, -0.25) is 19.2 Å². The Balaban J connectivity index is 1.31. The van der Waals surface area contributed by atoms with Gasteiger partial charge in [0.1, 0.15) is 36.3 Å². The second kappa shape index (κ2) is 34.1. The lowest BCUT2D eigenvalue weighted by molar-refractivity contribution is -0.265. The molecule has 0 spiro atoms. The molecule has 22 heteroatoms. The molecule has 1 aromatic rings. The first-order valence-electron chi connectivity index (χ1n) is 30.0. The number of methoxy groups -OCH3 is 3. The number of esters is 1. The molecule has 16 atom stereocenters. The standard InChI is InChI=1S/C62H96N6O16/c1-37-16-12-11-13-17-38(2)51(78-8)32-46-21-19-42(6)62(77,84-46)58(73)59(74)68-25-15-14-18-48(68)60(75)82-52(33-49(69)39(3)29-41(5)56(72)57(80-10)55(71)40(4)28-37)47(63)30-44-20-22-50(53(31-44)79-9)83-61(76)64-24-27-81-26-23-54(70)67-36-45-34-65-43(7)66-35-45/h11-13,16-17,29,34-35,37,39-40,42,44,46-53,56-57,69,72,77H,14-15,18-28,30-33,36,63H2,1-10H3,(H,64,76)(H,67,70)/b13-11?,16-12+,38-17?,41-29+/t37-,39-,40?,42-,44+,46+,47-,48+,49-,50-,51+,52+,53-,56-,57+,62-/m1/s1. The summed E-state index contributed by atoms with van der Waals surface area (Å²) < 4.78 is 41.1. The zero-order chi connectivity index (χ0) is 61.7. The third-order valence-corrected chi connectivity index (χ3v) is 17.0. The first-order chi connectivity index (χ1) is 40.0. The van der Waals surface area contributed by atoms with Gasteiger partial charge in [0.25, 0.3) is 11.7 Å². The number of aryl methyl sites for hydroxylation is 1. The van der Waals surface area contributed by atoms with Crippen LogP contribution in [0.1, 0.15) is 136 Å². The lowest BCUT2D eigenvalue weighted by Crippen LogP contribution is -2.61. The highest BCUT2D eigenvalue weighted by Gasteiger charge is 2.53. The van der Waals surface area contributed by atoms with Crippen molar-refractivity contribution < 1.29 is 77.2 Å². The van der Waals surface area contributed by atoms with Crippen molar-refractivity contribution in [2.75, 3.05) is 47.6 Å². The smallest absolute Gasteiger partial charge is 0.407 e. The molecule has 470 valence electrons. The number of aliphatic hydroxyl groups excluding tert-OH is 2. The van der Waals surface area contributed by atoms with Crippen LogP contribution in [0.5, 0.6) is 0 Å². The molecule has 1 saturated carbocycles. The molecule has 3 fully saturated rings. The summed E-state index contributed by atoms with van der Waals surface area (Å²) in [5.74, 6) is -7.42. The Morgan fingerprint density at radius 2 is 1.58 bits per heavy atom. The van der Waals surface area contributed by atoms with Gasteiger partial charge in [0, 0.05) is 102 Å². The van der Waals surface area contributed by atoms with Crippen molar-refractivity contribution in [3.8, 4) is 0 Å². The maximum atomic E-state index is 14.6. The zero-order valence-corrected chi connectivity index (χ0v) is 51.1. The number of cyclic esters (lactones) is 1. The van der Waals surface area contributed by atoms with Crippen molar-refractivity contribution in [2.45, 2.75) is 205 Å². The van der Waals surface area contributed by atoms with Gasteiger partial charge in [0.15, 0.2) is 5.78 Å². The number of carbonyl (C=O) groups excluding carboxylic acids is 6. The van der Waals surface area contributed by atoms with Gasteiger partial charge < -0.3 is 69.7 Å². The molecular weight excluding hydrogens is 1080 g/mol. The Labute approximate surface area is 496 Å². The van der Waals surface area contributed by atoms with Crippen LogP contribution < -0.4 is 16.4 Å². The molecule has 3 amide bonds. The topological polar surface area (TPSA) is 307 Å². The van der Waals surface area contributed by atoms with E-state index in [9.17, 15) is 44.1 Å². The fourth-order valence-electron chi connectivity index (χ4n) is 11.6. The van der Waals surface area contributed by atoms with Crippen molar-refractivity contribution in [3.05, 3.63) is 71.4 Å². The van der Waals surface area contributed by atoms with Crippen LogP contribution in [0, 0.1) is 36.5 Å². The van der Waals surface area contributed by atoms with Gasteiger partial charge in [-0.2, -0.15) is 0 Å². The molecular formula is C62H96N6O16. The Morgan fingerprint density at radius 1 is 0.845 bits per heavy atom. The van der Waals surface area contributed by atoms with E-state index in [4.69, 9.17) is 38.9 Å². The molecule has 4 aliphatic rings. The van der Waals surface area contributed by atoms with Crippen LogP contribution in [0.15, 0.2) is 60.0 Å². The summed E-state index contributed by atoms with van der Waals surface area (Å²) in [7, 11) is 4.45. The highest BCUT2D eigenvalue weighted by molar-refractivity contribution is 6.39. The zero-order valence-electron chi connectivity index (χ0n) is 51.1. The summed E-state index contributed by atoms with van der Waals surface area (Å²) >= 11 is 0. The number of aromatic nitrogens is 2. The van der Waals surface area contributed by atoms with Crippen LogP contribution in [0.3, 0.4) is 0 Å². The molecule has 7 N–H and O–H groups in total. The van der Waals surface area contributed by atoms with Gasteiger partial charge in [-0.1, -0.05) is 64.2 Å². The van der Waals surface area contributed by atoms with E-state index in [-0.39, 0.29) is 81.9 Å². The van der Waals surface area contributed by atoms with Crippen LogP contribution in [-0.4, -0.2) is 180 Å². The normalized spacial score (nSPS) is 33.6. The van der Waals surface area contributed by atoms with Crippen molar-refractivity contribution in [1.82, 2.24) is 25.5 Å². The summed E-state index contributed by atoms with van der Waals surface area (Å²) in [6.45, 7) is 13.3. The minimum absolute atomic E-state index is 0.00890. The molecule has 84 heavy (non-hydrogen) atoms. The monoisotopic (exact) mass is 1180 g/mol. The van der Waals surface area contributed by atoms with Crippen LogP contribution in [0.25, 0.3) is 0 Å². The number of ether oxygens (including phenoxy) is 7. The molecule has 5 rings (SSSR count). The lowest BCUT2D eigenvalue weighted by atomic mass is 9.80. The Kier molecular flexibility index (Phi) is 28.2. The minimum atomic E-state index is -2.48. The number of piperidine rings is 1. The molecule has 2 bridgehead atoms. The van der Waals surface area contributed by atoms with Crippen LogP contribution in [0.2, 0.25) is 0 Å². The van der Waals surface area contributed by atoms with E-state index in [1.54, 1.807) is 60.2 Å². The number of hydrogen-bond donors (Lipinski definition) is 6. The minimum Gasteiger partial charge on any atom is -0.459 e. The highest BCUT2D eigenvalue weighted by Crippen LogP contribution is 2.38.